The van der Waals surface area contributed by atoms with Crippen molar-refractivity contribution in [2.24, 2.45) is 0 Å². The van der Waals surface area contributed by atoms with E-state index >= 15 is 0 Å². The predicted molar refractivity (Wildman–Crippen MR) is 112 cm³/mol. The molecular formula is C23H22FN3O4. The summed E-state index contributed by atoms with van der Waals surface area (Å²) in [4.78, 5) is 23.1. The topological polar surface area (TPSA) is 73.8 Å². The van der Waals surface area contributed by atoms with Crippen molar-refractivity contribution in [1.29, 1.82) is 0 Å². The van der Waals surface area contributed by atoms with Gasteiger partial charge in [-0.25, -0.2) is 14.2 Å². The van der Waals surface area contributed by atoms with Crippen LogP contribution in [-0.2, 0) is 17.8 Å². The lowest BCUT2D eigenvalue weighted by Gasteiger charge is -2.19. The van der Waals surface area contributed by atoms with Gasteiger partial charge in [0, 0.05) is 12.2 Å². The van der Waals surface area contributed by atoms with Gasteiger partial charge >= 0.3 is 5.97 Å². The van der Waals surface area contributed by atoms with Crippen LogP contribution in [0.3, 0.4) is 0 Å². The number of rotatable bonds is 7. The molecule has 0 saturated heterocycles. The highest BCUT2D eigenvalue weighted by atomic mass is 19.1. The van der Waals surface area contributed by atoms with Crippen molar-refractivity contribution >= 4 is 17.6 Å². The third-order valence-electron chi connectivity index (χ3n) is 4.95. The fraction of sp³-hybridized carbons (Fsp3) is 0.261. The number of fused-ring (bicyclic) bond motifs is 1. The average molecular weight is 423 g/mol. The molecule has 0 bridgehead atoms. The first-order valence-electron chi connectivity index (χ1n) is 9.95. The Morgan fingerprint density at radius 3 is 2.74 bits per heavy atom. The summed E-state index contributed by atoms with van der Waals surface area (Å²) in [5, 5.41) is 0. The molecule has 31 heavy (non-hydrogen) atoms. The number of anilines is 2. The van der Waals surface area contributed by atoms with E-state index in [-0.39, 0.29) is 30.5 Å². The van der Waals surface area contributed by atoms with Gasteiger partial charge in [-0.05, 0) is 54.8 Å². The quantitative estimate of drug-likeness (QED) is 0.530. The lowest BCUT2D eigenvalue weighted by atomic mass is 10.2. The van der Waals surface area contributed by atoms with Crippen molar-refractivity contribution in [3.8, 4) is 11.6 Å². The Kier molecular flexibility index (Phi) is 5.97. The van der Waals surface area contributed by atoms with Crippen molar-refractivity contribution < 1.29 is 23.4 Å². The zero-order valence-electron chi connectivity index (χ0n) is 17.3. The average Bonchev–Trinajstić information content (AvgIpc) is 3.21. The molecule has 2 aromatic carbocycles. The molecule has 0 saturated carbocycles. The monoisotopic (exact) mass is 423 g/mol. The Labute approximate surface area is 179 Å². The van der Waals surface area contributed by atoms with Crippen LogP contribution in [-0.4, -0.2) is 36.2 Å². The standard InChI is InChI=1S/C23H22FN3O4/c1-3-30-22(28)19-13-25-23(27-11-10-16-12-17(24)6-9-20(16)27)26-21(19)31-14-15-4-7-18(29-2)8-5-15/h4-9,12-13H,3,10-11,14H2,1-2H3. The van der Waals surface area contributed by atoms with Gasteiger partial charge in [-0.2, -0.15) is 4.98 Å². The van der Waals surface area contributed by atoms with Crippen LogP contribution < -0.4 is 14.4 Å². The predicted octanol–water partition coefficient (Wildman–Crippen LogP) is 4.07. The van der Waals surface area contributed by atoms with Gasteiger partial charge < -0.3 is 19.1 Å². The highest BCUT2D eigenvalue weighted by molar-refractivity contribution is 5.91. The molecule has 3 aromatic rings. The first-order chi connectivity index (χ1) is 15.1. The van der Waals surface area contributed by atoms with Gasteiger partial charge in [0.05, 0.1) is 19.9 Å². The van der Waals surface area contributed by atoms with Crippen molar-refractivity contribution in [3.63, 3.8) is 0 Å². The summed E-state index contributed by atoms with van der Waals surface area (Å²) in [6, 6.07) is 12.0. The van der Waals surface area contributed by atoms with Crippen LogP contribution >= 0.6 is 0 Å². The van der Waals surface area contributed by atoms with Gasteiger partial charge in [-0.15, -0.1) is 0 Å². The maximum Gasteiger partial charge on any atom is 0.345 e. The molecule has 8 heteroatoms. The first kappa shape index (κ1) is 20.6. The van der Waals surface area contributed by atoms with Gasteiger partial charge in [0.2, 0.25) is 11.8 Å². The molecule has 0 amide bonds. The van der Waals surface area contributed by atoms with Crippen LogP contribution in [0.4, 0.5) is 16.0 Å². The van der Waals surface area contributed by atoms with E-state index in [1.165, 1.54) is 18.3 Å². The Balaban J connectivity index is 1.62. The lowest BCUT2D eigenvalue weighted by molar-refractivity contribution is 0.0519. The number of benzene rings is 2. The van der Waals surface area contributed by atoms with Crippen LogP contribution in [0.2, 0.25) is 0 Å². The summed E-state index contributed by atoms with van der Waals surface area (Å²) < 4.78 is 29.7. The second kappa shape index (κ2) is 8.99. The molecule has 7 nitrogen and oxygen atoms in total. The molecule has 0 unspecified atom stereocenters. The maximum absolute atomic E-state index is 13.6. The van der Waals surface area contributed by atoms with Gasteiger partial charge in [-0.1, -0.05) is 12.1 Å². The Morgan fingerprint density at radius 2 is 2.00 bits per heavy atom. The molecule has 0 radical (unpaired) electrons. The third kappa shape index (κ3) is 4.42. The number of hydrogen-bond donors (Lipinski definition) is 0. The number of methoxy groups -OCH3 is 1. The number of esters is 1. The van der Waals surface area contributed by atoms with E-state index in [0.717, 1.165) is 22.6 Å². The van der Waals surface area contributed by atoms with E-state index in [2.05, 4.69) is 9.97 Å². The van der Waals surface area contributed by atoms with Crippen LogP contribution in [0.15, 0.2) is 48.7 Å². The molecule has 160 valence electrons. The van der Waals surface area contributed by atoms with Crippen LogP contribution in [0, 0.1) is 5.82 Å². The number of aromatic nitrogens is 2. The van der Waals surface area contributed by atoms with Crippen LogP contribution in [0.1, 0.15) is 28.4 Å². The Morgan fingerprint density at radius 1 is 1.19 bits per heavy atom. The minimum Gasteiger partial charge on any atom is -0.497 e. The van der Waals surface area contributed by atoms with Crippen LogP contribution in [0.5, 0.6) is 11.6 Å². The number of hydrogen-bond acceptors (Lipinski definition) is 7. The summed E-state index contributed by atoms with van der Waals surface area (Å²) in [7, 11) is 1.60. The van der Waals surface area contributed by atoms with Crippen molar-refractivity contribution in [3.05, 3.63) is 71.2 Å². The van der Waals surface area contributed by atoms with E-state index < -0.39 is 5.97 Å². The number of halogens is 1. The molecule has 0 atom stereocenters. The first-order valence-corrected chi connectivity index (χ1v) is 9.95. The molecular weight excluding hydrogens is 401 g/mol. The molecule has 1 aliphatic heterocycles. The van der Waals surface area contributed by atoms with E-state index in [4.69, 9.17) is 14.2 Å². The summed E-state index contributed by atoms with van der Waals surface area (Å²) in [6.45, 7) is 2.76. The minimum atomic E-state index is -0.553. The lowest BCUT2D eigenvalue weighted by Crippen LogP contribution is -2.18. The summed E-state index contributed by atoms with van der Waals surface area (Å²) in [5.74, 6) is 0.424. The van der Waals surface area contributed by atoms with Gasteiger partial charge in [0.1, 0.15) is 23.7 Å². The second-order valence-corrected chi connectivity index (χ2v) is 6.92. The normalized spacial score (nSPS) is 12.4. The Hall–Kier alpha value is -3.68. The molecule has 0 N–H and O–H groups in total. The van der Waals surface area contributed by atoms with Gasteiger partial charge in [0.15, 0.2) is 0 Å². The SMILES string of the molecule is CCOC(=O)c1cnc(N2CCc3cc(F)ccc32)nc1OCc1ccc(OC)cc1. The van der Waals surface area contributed by atoms with E-state index in [1.807, 2.05) is 29.2 Å². The van der Waals surface area contributed by atoms with Crippen LogP contribution in [0.25, 0.3) is 0 Å². The summed E-state index contributed by atoms with van der Waals surface area (Å²) >= 11 is 0. The smallest absolute Gasteiger partial charge is 0.345 e. The van der Waals surface area contributed by atoms with Crippen molar-refractivity contribution in [2.75, 3.05) is 25.2 Å². The maximum atomic E-state index is 13.6. The zero-order valence-corrected chi connectivity index (χ0v) is 17.3. The fourth-order valence-electron chi connectivity index (χ4n) is 3.40. The highest BCUT2D eigenvalue weighted by Crippen LogP contribution is 2.34. The van der Waals surface area contributed by atoms with E-state index in [0.29, 0.717) is 18.9 Å². The van der Waals surface area contributed by atoms with Crippen molar-refractivity contribution in [2.45, 2.75) is 20.0 Å². The third-order valence-corrected chi connectivity index (χ3v) is 4.95. The van der Waals surface area contributed by atoms with Gasteiger partial charge in [0.25, 0.3) is 0 Å². The minimum absolute atomic E-state index is 0.134. The number of carbonyl (C=O) groups is 1. The molecule has 1 aromatic heterocycles. The van der Waals surface area contributed by atoms with E-state index in [9.17, 15) is 9.18 Å². The zero-order chi connectivity index (χ0) is 21.8. The highest BCUT2D eigenvalue weighted by Gasteiger charge is 2.25. The molecule has 0 spiro atoms. The molecule has 1 aliphatic rings. The molecule has 2 heterocycles. The summed E-state index contributed by atoms with van der Waals surface area (Å²) in [5.41, 5.74) is 2.76. The molecule has 0 fully saturated rings. The van der Waals surface area contributed by atoms with E-state index in [1.54, 1.807) is 20.1 Å². The number of carbonyl (C=O) groups excluding carboxylic acids is 1. The summed E-state index contributed by atoms with van der Waals surface area (Å²) in [6.07, 6.45) is 2.09. The van der Waals surface area contributed by atoms with Crippen molar-refractivity contribution in [1.82, 2.24) is 9.97 Å². The fourth-order valence-corrected chi connectivity index (χ4v) is 3.40. The molecule has 0 aliphatic carbocycles. The number of nitrogens with zero attached hydrogens (tertiary/aromatic N) is 3. The largest absolute Gasteiger partial charge is 0.497 e. The van der Waals surface area contributed by atoms with Gasteiger partial charge in [-0.3, -0.25) is 0 Å². The Bertz CT molecular complexity index is 1090. The second-order valence-electron chi connectivity index (χ2n) is 6.92. The number of ether oxygens (including phenoxy) is 3. The molecule has 4 rings (SSSR count).